The van der Waals surface area contributed by atoms with Gasteiger partial charge in [-0.25, -0.2) is 9.18 Å². The van der Waals surface area contributed by atoms with Crippen LogP contribution in [0.25, 0.3) is 0 Å². The SMILES string of the molecule is CC(C)N1CCC(NC(=O)N2CCN(C(=O)c3ccccc3F)CC2)CC1. The van der Waals surface area contributed by atoms with Crippen molar-refractivity contribution in [2.24, 2.45) is 0 Å². The Labute approximate surface area is 160 Å². The van der Waals surface area contributed by atoms with Crippen LogP contribution in [0.4, 0.5) is 9.18 Å². The van der Waals surface area contributed by atoms with Crippen molar-refractivity contribution in [3.05, 3.63) is 35.6 Å². The molecule has 2 heterocycles. The number of amides is 3. The summed E-state index contributed by atoms with van der Waals surface area (Å²) in [6.07, 6.45) is 1.94. The Morgan fingerprint density at radius 1 is 1.00 bits per heavy atom. The highest BCUT2D eigenvalue weighted by Gasteiger charge is 2.28. The number of urea groups is 1. The lowest BCUT2D eigenvalue weighted by atomic mass is 10.0. The van der Waals surface area contributed by atoms with E-state index in [1.807, 2.05) is 0 Å². The van der Waals surface area contributed by atoms with E-state index in [0.29, 0.717) is 32.2 Å². The zero-order valence-electron chi connectivity index (χ0n) is 16.2. The van der Waals surface area contributed by atoms with E-state index in [-0.39, 0.29) is 23.5 Å². The molecule has 0 aromatic heterocycles. The average Bonchev–Trinajstić information content (AvgIpc) is 2.68. The molecule has 1 N–H and O–H groups in total. The Kier molecular flexibility index (Phi) is 6.31. The summed E-state index contributed by atoms with van der Waals surface area (Å²) < 4.78 is 13.8. The standard InChI is InChI=1S/C20H29FN4O2/c1-15(2)23-9-7-16(8-10-23)22-20(27)25-13-11-24(12-14-25)19(26)17-5-3-4-6-18(17)21/h3-6,15-16H,7-14H2,1-2H3,(H,22,27). The number of rotatable bonds is 3. The third kappa shape index (κ3) is 4.77. The molecule has 2 aliphatic rings. The number of nitrogens with zero attached hydrogens (tertiary/aromatic N) is 3. The molecule has 3 amide bonds. The van der Waals surface area contributed by atoms with Gasteiger partial charge >= 0.3 is 6.03 Å². The molecule has 148 valence electrons. The second kappa shape index (κ2) is 8.69. The number of piperidine rings is 1. The quantitative estimate of drug-likeness (QED) is 0.880. The van der Waals surface area contributed by atoms with Crippen molar-refractivity contribution < 1.29 is 14.0 Å². The van der Waals surface area contributed by atoms with E-state index in [2.05, 4.69) is 24.1 Å². The van der Waals surface area contributed by atoms with Gasteiger partial charge in [-0.2, -0.15) is 0 Å². The van der Waals surface area contributed by atoms with E-state index < -0.39 is 5.82 Å². The summed E-state index contributed by atoms with van der Waals surface area (Å²) in [5, 5.41) is 3.13. The smallest absolute Gasteiger partial charge is 0.317 e. The number of carbonyl (C=O) groups is 2. The number of likely N-dealkylation sites (tertiary alicyclic amines) is 1. The summed E-state index contributed by atoms with van der Waals surface area (Å²) in [4.78, 5) is 30.8. The second-order valence-corrected chi connectivity index (χ2v) is 7.61. The summed E-state index contributed by atoms with van der Waals surface area (Å²) in [5.74, 6) is -0.815. The highest BCUT2D eigenvalue weighted by molar-refractivity contribution is 5.94. The van der Waals surface area contributed by atoms with Crippen molar-refractivity contribution >= 4 is 11.9 Å². The van der Waals surface area contributed by atoms with Crippen LogP contribution in [0.15, 0.2) is 24.3 Å². The molecule has 0 atom stereocenters. The first-order chi connectivity index (χ1) is 13.0. The number of carbonyl (C=O) groups excluding carboxylic acids is 2. The first kappa shape index (κ1) is 19.6. The maximum Gasteiger partial charge on any atom is 0.317 e. The first-order valence-electron chi connectivity index (χ1n) is 9.79. The van der Waals surface area contributed by atoms with Gasteiger partial charge in [0.15, 0.2) is 0 Å². The van der Waals surface area contributed by atoms with Gasteiger partial charge in [0.05, 0.1) is 5.56 Å². The van der Waals surface area contributed by atoms with Crippen LogP contribution in [-0.2, 0) is 0 Å². The lowest BCUT2D eigenvalue weighted by Crippen LogP contribution is -2.56. The van der Waals surface area contributed by atoms with Crippen molar-refractivity contribution in [1.29, 1.82) is 0 Å². The second-order valence-electron chi connectivity index (χ2n) is 7.61. The van der Waals surface area contributed by atoms with Gasteiger partial charge in [-0.1, -0.05) is 12.1 Å². The fourth-order valence-electron chi connectivity index (χ4n) is 3.74. The van der Waals surface area contributed by atoms with Crippen LogP contribution < -0.4 is 5.32 Å². The van der Waals surface area contributed by atoms with E-state index in [0.717, 1.165) is 25.9 Å². The van der Waals surface area contributed by atoms with E-state index in [1.54, 1.807) is 21.9 Å². The summed E-state index contributed by atoms with van der Waals surface area (Å²) in [5.41, 5.74) is 0.0901. The Bertz CT molecular complexity index is 666. The largest absolute Gasteiger partial charge is 0.335 e. The topological polar surface area (TPSA) is 55.9 Å². The lowest BCUT2D eigenvalue weighted by Gasteiger charge is -2.38. The van der Waals surface area contributed by atoms with E-state index in [9.17, 15) is 14.0 Å². The third-order valence-electron chi connectivity index (χ3n) is 5.55. The lowest BCUT2D eigenvalue weighted by molar-refractivity contribution is 0.0655. The molecular weight excluding hydrogens is 347 g/mol. The van der Waals surface area contributed by atoms with Crippen molar-refractivity contribution in [2.45, 2.75) is 38.8 Å². The molecule has 2 fully saturated rings. The Balaban J connectivity index is 1.46. The maximum absolute atomic E-state index is 13.8. The zero-order valence-corrected chi connectivity index (χ0v) is 16.2. The highest BCUT2D eigenvalue weighted by atomic mass is 19.1. The number of nitrogens with one attached hydrogen (secondary N) is 1. The monoisotopic (exact) mass is 376 g/mol. The van der Waals surface area contributed by atoms with Crippen molar-refractivity contribution in [2.75, 3.05) is 39.3 Å². The van der Waals surface area contributed by atoms with Gasteiger partial charge in [0.2, 0.25) is 0 Å². The molecule has 27 heavy (non-hydrogen) atoms. The molecule has 1 aromatic rings. The molecule has 0 radical (unpaired) electrons. The Hall–Kier alpha value is -2.15. The molecule has 0 saturated carbocycles. The highest BCUT2D eigenvalue weighted by Crippen LogP contribution is 2.15. The third-order valence-corrected chi connectivity index (χ3v) is 5.55. The molecule has 2 saturated heterocycles. The molecule has 0 aliphatic carbocycles. The van der Waals surface area contributed by atoms with Gasteiger partial charge in [0.1, 0.15) is 5.82 Å². The Morgan fingerprint density at radius 2 is 1.59 bits per heavy atom. The molecule has 1 aromatic carbocycles. The van der Waals surface area contributed by atoms with Crippen molar-refractivity contribution in [3.63, 3.8) is 0 Å². The number of hydrogen-bond acceptors (Lipinski definition) is 3. The zero-order chi connectivity index (χ0) is 19.4. The van der Waals surface area contributed by atoms with Gasteiger partial charge in [-0.05, 0) is 38.8 Å². The van der Waals surface area contributed by atoms with Crippen molar-refractivity contribution in [1.82, 2.24) is 20.0 Å². The predicted octanol–water partition coefficient (Wildman–Crippen LogP) is 2.17. The minimum absolute atomic E-state index is 0.0593. The average molecular weight is 376 g/mol. The molecule has 0 unspecified atom stereocenters. The maximum atomic E-state index is 13.8. The van der Waals surface area contributed by atoms with Crippen LogP contribution in [-0.4, -0.2) is 78.0 Å². The van der Waals surface area contributed by atoms with E-state index >= 15 is 0 Å². The van der Waals surface area contributed by atoms with E-state index in [4.69, 9.17) is 0 Å². The fraction of sp³-hybridized carbons (Fsp3) is 0.600. The first-order valence-corrected chi connectivity index (χ1v) is 9.79. The summed E-state index contributed by atoms with van der Waals surface area (Å²) in [6, 6.07) is 6.72. The molecule has 6 nitrogen and oxygen atoms in total. The van der Waals surface area contributed by atoms with Gasteiger partial charge in [-0.3, -0.25) is 4.79 Å². The summed E-state index contributed by atoms with van der Waals surface area (Å²) >= 11 is 0. The van der Waals surface area contributed by atoms with Crippen LogP contribution in [0.3, 0.4) is 0 Å². The molecule has 0 bridgehead atoms. The van der Waals surface area contributed by atoms with Gasteiger partial charge in [0, 0.05) is 51.4 Å². The summed E-state index contributed by atoms with van der Waals surface area (Å²) in [7, 11) is 0. The van der Waals surface area contributed by atoms with Gasteiger partial charge in [0.25, 0.3) is 5.91 Å². The molecule has 7 heteroatoms. The molecule has 2 aliphatic heterocycles. The molecule has 0 spiro atoms. The van der Waals surface area contributed by atoms with Crippen LogP contribution >= 0.6 is 0 Å². The summed E-state index contributed by atoms with van der Waals surface area (Å²) in [6.45, 7) is 8.19. The minimum Gasteiger partial charge on any atom is -0.335 e. The fourth-order valence-corrected chi connectivity index (χ4v) is 3.74. The van der Waals surface area contributed by atoms with E-state index in [1.165, 1.54) is 12.1 Å². The van der Waals surface area contributed by atoms with Gasteiger partial charge < -0.3 is 20.0 Å². The van der Waals surface area contributed by atoms with Crippen LogP contribution in [0, 0.1) is 5.82 Å². The molecular formula is C20H29FN4O2. The van der Waals surface area contributed by atoms with Crippen molar-refractivity contribution in [3.8, 4) is 0 Å². The number of halogens is 1. The predicted molar refractivity (Wildman–Crippen MR) is 102 cm³/mol. The van der Waals surface area contributed by atoms with Gasteiger partial charge in [-0.15, -0.1) is 0 Å². The minimum atomic E-state index is -0.504. The number of hydrogen-bond donors (Lipinski definition) is 1. The molecule has 3 rings (SSSR count). The number of benzene rings is 1. The van der Waals surface area contributed by atoms with Crippen LogP contribution in [0.2, 0.25) is 0 Å². The van der Waals surface area contributed by atoms with Crippen LogP contribution in [0.1, 0.15) is 37.0 Å². The number of piperazine rings is 1. The van der Waals surface area contributed by atoms with Crippen LogP contribution in [0.5, 0.6) is 0 Å². The Morgan fingerprint density at radius 3 is 2.19 bits per heavy atom. The normalized spacial score (nSPS) is 19.4.